The van der Waals surface area contributed by atoms with Gasteiger partial charge < -0.3 is 14.6 Å². The summed E-state index contributed by atoms with van der Waals surface area (Å²) in [6.07, 6.45) is -1.10. The number of hydrogen-bond donors (Lipinski definition) is 1. The summed E-state index contributed by atoms with van der Waals surface area (Å²) in [6, 6.07) is 15.3. The van der Waals surface area contributed by atoms with Gasteiger partial charge in [0, 0.05) is 10.6 Å². The molecule has 0 saturated carbocycles. The number of nitrogens with zero attached hydrogens (tertiary/aromatic N) is 1. The Bertz CT molecular complexity index is 1050. The van der Waals surface area contributed by atoms with Crippen LogP contribution in [0.5, 0.6) is 5.75 Å². The fourth-order valence-corrected chi connectivity index (χ4v) is 3.24. The number of ether oxygens (including phenoxy) is 1. The first kappa shape index (κ1) is 28.3. The normalized spacial score (nSPS) is 10.3. The zero-order chi connectivity index (χ0) is 22.9. The summed E-state index contributed by atoms with van der Waals surface area (Å²) in [5, 5.41) is 3.75. The summed E-state index contributed by atoms with van der Waals surface area (Å²) in [5.74, 6) is 6.42. The number of halogens is 3. The van der Waals surface area contributed by atoms with E-state index in [1.165, 1.54) is 11.0 Å². The van der Waals surface area contributed by atoms with E-state index in [0.29, 0.717) is 22.3 Å². The Balaban J connectivity index is 0.00000121. The van der Waals surface area contributed by atoms with Gasteiger partial charge in [-0.3, -0.25) is 0 Å². The quantitative estimate of drug-likeness (QED) is 0.267. The molecule has 0 unspecified atom stereocenters. The first-order valence-electron chi connectivity index (χ1n) is 9.84. The predicted molar refractivity (Wildman–Crippen MR) is 123 cm³/mol. The van der Waals surface area contributed by atoms with Gasteiger partial charge in [0.25, 0.3) is 0 Å². The van der Waals surface area contributed by atoms with Gasteiger partial charge in [0.15, 0.2) is 0 Å². The van der Waals surface area contributed by atoms with Crippen molar-refractivity contribution < 1.29 is 47.5 Å². The molecule has 0 aliphatic carbocycles. The van der Waals surface area contributed by atoms with Crippen LogP contribution >= 0.6 is 11.8 Å². The zero-order valence-electron chi connectivity index (χ0n) is 19.1. The van der Waals surface area contributed by atoms with E-state index >= 15 is 0 Å². The van der Waals surface area contributed by atoms with Crippen molar-refractivity contribution >= 4 is 28.4 Å². The predicted octanol–water partition coefficient (Wildman–Crippen LogP) is 3.62. The number of fused-ring (bicyclic) bond motifs is 1. The summed E-state index contributed by atoms with van der Waals surface area (Å²) >= 11 is 1.61. The van der Waals surface area contributed by atoms with Crippen molar-refractivity contribution in [3.8, 4) is 17.6 Å². The van der Waals surface area contributed by atoms with Crippen molar-refractivity contribution in [1.29, 1.82) is 0 Å². The minimum Gasteiger partial charge on any atom is -0.495 e. The van der Waals surface area contributed by atoms with E-state index in [0.717, 1.165) is 10.6 Å². The van der Waals surface area contributed by atoms with Crippen molar-refractivity contribution in [3.05, 3.63) is 54.2 Å². The van der Waals surface area contributed by atoms with E-state index in [2.05, 4.69) is 37.1 Å². The maximum Gasteiger partial charge on any atom is 1.00 e. The fourth-order valence-electron chi connectivity index (χ4n) is 2.81. The van der Waals surface area contributed by atoms with Gasteiger partial charge >= 0.3 is 35.7 Å². The van der Waals surface area contributed by atoms with E-state index in [-0.39, 0.29) is 36.1 Å². The van der Waals surface area contributed by atoms with Crippen LogP contribution in [0, 0.1) is 17.9 Å². The third kappa shape index (κ3) is 8.32. The molecule has 1 aromatic heterocycles. The molecule has 2 aromatic carbocycles. The molecule has 3 rings (SSSR count). The standard InChI is InChI=1S/C21H18F3N2OS.C3H8.Na/c1-27-20-13-17(28-2)9-10-18(20)25-11-5-7-16-12-15-6-3-4-8-19(15)26(16)14-21(22,23)24;1-3-2;/h3-4,8-10,12-13,25H,11,14H2,1-2H3;3H2,1-2H3;/q-1;;+1. The van der Waals surface area contributed by atoms with Crippen molar-refractivity contribution in [1.82, 2.24) is 4.57 Å². The second-order valence-electron chi connectivity index (χ2n) is 6.63. The largest absolute Gasteiger partial charge is 1.00 e. The Hall–Kier alpha value is -1.72. The smallest absolute Gasteiger partial charge is 0.495 e. The molecule has 32 heavy (non-hydrogen) atoms. The fraction of sp³-hybridized carbons (Fsp3) is 0.333. The van der Waals surface area contributed by atoms with Crippen LogP contribution in [-0.4, -0.2) is 30.7 Å². The van der Waals surface area contributed by atoms with Crippen molar-refractivity contribution in [2.75, 3.05) is 25.2 Å². The average Bonchev–Trinajstić information content (AvgIpc) is 3.07. The van der Waals surface area contributed by atoms with E-state index in [1.807, 2.05) is 24.5 Å². The third-order valence-electron chi connectivity index (χ3n) is 4.06. The van der Waals surface area contributed by atoms with Crippen molar-refractivity contribution in [3.63, 3.8) is 0 Å². The molecule has 0 spiro atoms. The average molecular weight is 471 g/mol. The topological polar surface area (TPSA) is 26.2 Å². The Morgan fingerprint density at radius 3 is 2.53 bits per heavy atom. The van der Waals surface area contributed by atoms with Crippen LogP contribution in [0.25, 0.3) is 10.9 Å². The number of hydrogen-bond acceptors (Lipinski definition) is 3. The maximum atomic E-state index is 13.0. The zero-order valence-corrected chi connectivity index (χ0v) is 21.9. The van der Waals surface area contributed by atoms with E-state index in [9.17, 15) is 13.2 Å². The number of benzene rings is 2. The van der Waals surface area contributed by atoms with Gasteiger partial charge in [-0.1, -0.05) is 32.1 Å². The molecule has 0 bridgehead atoms. The Labute approximate surface area is 214 Å². The van der Waals surface area contributed by atoms with Crippen molar-refractivity contribution in [2.24, 2.45) is 0 Å². The van der Waals surface area contributed by atoms with Crippen LogP contribution in [0.15, 0.2) is 47.4 Å². The number of thioether (sulfide) groups is 1. The summed E-state index contributed by atoms with van der Waals surface area (Å²) in [4.78, 5) is 1.07. The molecule has 166 valence electrons. The molecule has 0 aliphatic heterocycles. The van der Waals surface area contributed by atoms with Gasteiger partial charge in [-0.05, 0) is 30.0 Å². The molecule has 1 heterocycles. The number of alkyl halides is 3. The van der Waals surface area contributed by atoms with Crippen LogP contribution < -0.4 is 39.6 Å². The van der Waals surface area contributed by atoms with E-state index in [1.54, 1.807) is 43.1 Å². The second kappa shape index (κ2) is 13.7. The molecule has 0 radical (unpaired) electrons. The molecular weight excluding hydrogens is 444 g/mol. The minimum atomic E-state index is -4.33. The molecule has 8 heteroatoms. The molecular formula is C24H26F3N2NaOS. The molecule has 0 saturated heterocycles. The van der Waals surface area contributed by atoms with Gasteiger partial charge in [-0.25, -0.2) is 0 Å². The molecule has 0 fully saturated rings. The minimum absolute atomic E-state index is 0. The number of methoxy groups -OCH3 is 1. The number of rotatable bonds is 5. The molecule has 3 nitrogen and oxygen atoms in total. The second-order valence-corrected chi connectivity index (χ2v) is 7.51. The van der Waals surface area contributed by atoms with Crippen molar-refractivity contribution in [2.45, 2.75) is 37.9 Å². The van der Waals surface area contributed by atoms with E-state index < -0.39 is 12.7 Å². The molecule has 0 amide bonds. The summed E-state index contributed by atoms with van der Waals surface area (Å²) in [7, 11) is 1.59. The monoisotopic (exact) mass is 470 g/mol. The Kier molecular flexibility index (Phi) is 12.2. The first-order chi connectivity index (χ1) is 14.8. The van der Waals surface area contributed by atoms with Gasteiger partial charge in [-0.2, -0.15) is 13.2 Å². The third-order valence-corrected chi connectivity index (χ3v) is 4.78. The molecule has 0 atom stereocenters. The summed E-state index contributed by atoms with van der Waals surface area (Å²) in [5.41, 5.74) is 1.55. The number of nitrogens with one attached hydrogen (secondary N) is 1. The van der Waals surface area contributed by atoms with Crippen LogP contribution in [0.1, 0.15) is 26.0 Å². The summed E-state index contributed by atoms with van der Waals surface area (Å²) < 4.78 is 45.5. The Morgan fingerprint density at radius 1 is 1.19 bits per heavy atom. The number of aromatic nitrogens is 1. The van der Waals surface area contributed by atoms with Gasteiger partial charge in [0.2, 0.25) is 0 Å². The van der Waals surface area contributed by atoms with Gasteiger partial charge in [0.05, 0.1) is 19.3 Å². The van der Waals surface area contributed by atoms with Gasteiger partial charge in [-0.15, -0.1) is 47.5 Å². The van der Waals surface area contributed by atoms with E-state index in [4.69, 9.17) is 4.74 Å². The maximum absolute atomic E-state index is 13.0. The van der Waals surface area contributed by atoms with Gasteiger partial charge in [0.1, 0.15) is 12.3 Å². The van der Waals surface area contributed by atoms with Crippen LogP contribution in [0.2, 0.25) is 0 Å². The molecule has 3 aromatic rings. The number of anilines is 1. The SMILES string of the molecule is CCC.COc1cc(SC)ccc1NCC#Cc1cc2[c-]cccc2n1CC(F)(F)F.[Na+]. The summed E-state index contributed by atoms with van der Waals surface area (Å²) in [6.45, 7) is 3.43. The van der Waals surface area contributed by atoms with Crippen LogP contribution in [0.4, 0.5) is 18.9 Å². The molecule has 1 N–H and O–H groups in total. The molecule has 0 aliphatic rings. The first-order valence-corrected chi connectivity index (χ1v) is 11.1. The Morgan fingerprint density at radius 2 is 1.91 bits per heavy atom. The van der Waals surface area contributed by atoms with Crippen LogP contribution in [-0.2, 0) is 6.54 Å². The van der Waals surface area contributed by atoms with Crippen LogP contribution in [0.3, 0.4) is 0 Å².